The van der Waals surface area contributed by atoms with Gasteiger partial charge in [-0.05, 0) is 36.8 Å². The number of hydrogen-bond donors (Lipinski definition) is 0. The second kappa shape index (κ2) is 8.54. The number of benzene rings is 3. The van der Waals surface area contributed by atoms with Gasteiger partial charge in [0.2, 0.25) is 10.0 Å². The fraction of sp³-hybridized carbons (Fsp3) is 0.217. The first-order valence-electron chi connectivity index (χ1n) is 9.96. The number of sulfonamides is 1. The van der Waals surface area contributed by atoms with Gasteiger partial charge in [-0.15, -0.1) is 0 Å². The van der Waals surface area contributed by atoms with E-state index in [2.05, 4.69) is 0 Å². The summed E-state index contributed by atoms with van der Waals surface area (Å²) in [5.74, 6) is 1.19. The Bertz CT molecular complexity index is 1080. The average molecular weight is 421 g/mol. The van der Waals surface area contributed by atoms with Crippen molar-refractivity contribution in [1.29, 1.82) is 0 Å². The SMILES string of the molecule is Cc1ccc(S(=O)(=O)N(Cc2ccccc2)CC(C)B2Oc3ccccc3O2)cc1. The zero-order valence-corrected chi connectivity index (χ0v) is 17.9. The molecule has 0 aliphatic carbocycles. The van der Waals surface area contributed by atoms with E-state index < -0.39 is 17.1 Å². The number of nitrogens with zero attached hydrogens (tertiary/aromatic N) is 1. The maximum Gasteiger partial charge on any atom is 0.599 e. The van der Waals surface area contributed by atoms with E-state index in [1.807, 2.05) is 80.6 Å². The van der Waals surface area contributed by atoms with Crippen molar-refractivity contribution in [2.75, 3.05) is 6.54 Å². The minimum Gasteiger partial charge on any atom is -0.523 e. The van der Waals surface area contributed by atoms with E-state index >= 15 is 0 Å². The molecule has 0 N–H and O–H groups in total. The van der Waals surface area contributed by atoms with Crippen molar-refractivity contribution in [1.82, 2.24) is 4.31 Å². The molecule has 1 heterocycles. The first-order chi connectivity index (χ1) is 14.4. The summed E-state index contributed by atoms with van der Waals surface area (Å²) >= 11 is 0. The molecule has 1 aliphatic heterocycles. The van der Waals surface area contributed by atoms with Crippen molar-refractivity contribution in [3.63, 3.8) is 0 Å². The van der Waals surface area contributed by atoms with Crippen molar-refractivity contribution < 1.29 is 17.7 Å². The molecule has 0 aromatic heterocycles. The van der Waals surface area contributed by atoms with Gasteiger partial charge in [0.1, 0.15) is 11.5 Å². The number of fused-ring (bicyclic) bond motifs is 1. The third-order valence-corrected chi connectivity index (χ3v) is 6.98. The van der Waals surface area contributed by atoms with E-state index in [-0.39, 0.29) is 23.8 Å². The largest absolute Gasteiger partial charge is 0.599 e. The van der Waals surface area contributed by atoms with Crippen LogP contribution in [0.4, 0.5) is 0 Å². The molecule has 0 fully saturated rings. The van der Waals surface area contributed by atoms with Gasteiger partial charge in [-0.25, -0.2) is 8.42 Å². The second-order valence-electron chi connectivity index (χ2n) is 7.62. The number of aryl methyl sites for hydroxylation is 1. The van der Waals surface area contributed by atoms with Crippen LogP contribution in [0.1, 0.15) is 18.1 Å². The van der Waals surface area contributed by atoms with E-state index in [0.717, 1.165) is 11.1 Å². The summed E-state index contributed by atoms with van der Waals surface area (Å²) in [5.41, 5.74) is 1.94. The second-order valence-corrected chi connectivity index (χ2v) is 9.56. The molecule has 0 saturated carbocycles. The van der Waals surface area contributed by atoms with Gasteiger partial charge in [0.25, 0.3) is 0 Å². The van der Waals surface area contributed by atoms with Gasteiger partial charge >= 0.3 is 7.12 Å². The standard InChI is InChI=1S/C23H24BNO4S/c1-18-12-14-21(15-13-18)30(26,27)25(17-20-8-4-3-5-9-20)16-19(2)24-28-22-10-6-7-11-23(22)29-24/h3-15,19H,16-17H2,1-2H3. The molecular weight excluding hydrogens is 397 g/mol. The van der Waals surface area contributed by atoms with Crippen LogP contribution in [0.25, 0.3) is 0 Å². The molecule has 0 spiro atoms. The Kier molecular flexibility index (Phi) is 5.84. The third-order valence-electron chi connectivity index (χ3n) is 5.15. The summed E-state index contributed by atoms with van der Waals surface area (Å²) in [7, 11) is -4.22. The summed E-state index contributed by atoms with van der Waals surface area (Å²) in [6, 6.07) is 24.0. The topological polar surface area (TPSA) is 55.8 Å². The van der Waals surface area contributed by atoms with Crippen molar-refractivity contribution in [3.05, 3.63) is 90.0 Å². The van der Waals surface area contributed by atoms with Crippen LogP contribution < -0.4 is 9.31 Å². The lowest BCUT2D eigenvalue weighted by atomic mass is 9.73. The summed E-state index contributed by atoms with van der Waals surface area (Å²) in [4.78, 5) is 0.285. The average Bonchev–Trinajstić information content (AvgIpc) is 3.19. The van der Waals surface area contributed by atoms with E-state index in [0.29, 0.717) is 11.5 Å². The predicted molar refractivity (Wildman–Crippen MR) is 118 cm³/mol. The fourth-order valence-corrected chi connectivity index (χ4v) is 4.98. The summed E-state index contributed by atoms with van der Waals surface area (Å²) in [6.45, 7) is 4.43. The first-order valence-corrected chi connectivity index (χ1v) is 11.4. The summed E-state index contributed by atoms with van der Waals surface area (Å²) in [5, 5.41) is 0. The van der Waals surface area contributed by atoms with Gasteiger partial charge in [-0.1, -0.05) is 67.1 Å². The quantitative estimate of drug-likeness (QED) is 0.526. The highest BCUT2D eigenvalue weighted by atomic mass is 32.2. The Hall–Kier alpha value is -2.77. The number of rotatable bonds is 7. The molecule has 3 aromatic rings. The Morgan fingerprint density at radius 1 is 0.867 bits per heavy atom. The smallest absolute Gasteiger partial charge is 0.523 e. The fourth-order valence-electron chi connectivity index (χ4n) is 3.45. The Labute approximate surface area is 178 Å². The highest BCUT2D eigenvalue weighted by Crippen LogP contribution is 2.36. The molecule has 0 amide bonds. The Balaban J connectivity index is 1.58. The number of para-hydroxylation sites is 2. The molecular formula is C23H24BNO4S. The van der Waals surface area contributed by atoms with Crippen LogP contribution in [0.15, 0.2) is 83.8 Å². The zero-order chi connectivity index (χ0) is 21.1. The van der Waals surface area contributed by atoms with Crippen molar-refractivity contribution in [3.8, 4) is 11.5 Å². The molecule has 0 bridgehead atoms. The lowest BCUT2D eigenvalue weighted by Gasteiger charge is -2.26. The van der Waals surface area contributed by atoms with Gasteiger partial charge in [0.05, 0.1) is 4.90 Å². The van der Waals surface area contributed by atoms with Gasteiger partial charge < -0.3 is 9.31 Å². The van der Waals surface area contributed by atoms with Crippen LogP contribution in [-0.4, -0.2) is 26.4 Å². The molecule has 1 atom stereocenters. The maximum absolute atomic E-state index is 13.5. The van der Waals surface area contributed by atoms with Gasteiger partial charge in [0.15, 0.2) is 0 Å². The first kappa shape index (κ1) is 20.5. The van der Waals surface area contributed by atoms with Crippen LogP contribution in [0, 0.1) is 6.92 Å². The molecule has 1 aliphatic rings. The normalized spacial score (nSPS) is 14.2. The Morgan fingerprint density at radius 3 is 2.03 bits per heavy atom. The highest BCUT2D eigenvalue weighted by Gasteiger charge is 2.40. The minimum atomic E-state index is -3.69. The molecule has 3 aromatic carbocycles. The lowest BCUT2D eigenvalue weighted by Crippen LogP contribution is -2.40. The van der Waals surface area contributed by atoms with Gasteiger partial charge in [-0.3, -0.25) is 0 Å². The van der Waals surface area contributed by atoms with Crippen molar-refractivity contribution in [2.24, 2.45) is 0 Å². The van der Waals surface area contributed by atoms with Crippen LogP contribution in [0.2, 0.25) is 5.82 Å². The van der Waals surface area contributed by atoms with E-state index in [9.17, 15) is 8.42 Å². The lowest BCUT2D eigenvalue weighted by molar-refractivity contribution is 0.380. The Morgan fingerprint density at radius 2 is 1.43 bits per heavy atom. The van der Waals surface area contributed by atoms with Gasteiger partial charge in [0, 0.05) is 18.9 Å². The van der Waals surface area contributed by atoms with Gasteiger partial charge in [-0.2, -0.15) is 4.31 Å². The molecule has 7 heteroatoms. The number of hydrogen-bond acceptors (Lipinski definition) is 4. The van der Waals surface area contributed by atoms with Crippen LogP contribution >= 0.6 is 0 Å². The van der Waals surface area contributed by atoms with Crippen LogP contribution in [-0.2, 0) is 16.6 Å². The summed E-state index contributed by atoms with van der Waals surface area (Å²) in [6.07, 6.45) is 0. The summed E-state index contributed by atoms with van der Waals surface area (Å²) < 4.78 is 40.2. The van der Waals surface area contributed by atoms with Crippen molar-refractivity contribution in [2.45, 2.75) is 31.1 Å². The van der Waals surface area contributed by atoms with E-state index in [1.165, 1.54) is 4.31 Å². The zero-order valence-electron chi connectivity index (χ0n) is 17.1. The maximum atomic E-state index is 13.5. The molecule has 0 saturated heterocycles. The van der Waals surface area contributed by atoms with Crippen LogP contribution in [0.5, 0.6) is 11.5 Å². The molecule has 154 valence electrons. The predicted octanol–water partition coefficient (Wildman–Crippen LogP) is 4.54. The minimum absolute atomic E-state index is 0.179. The molecule has 1 unspecified atom stereocenters. The monoisotopic (exact) mass is 421 g/mol. The highest BCUT2D eigenvalue weighted by molar-refractivity contribution is 7.89. The molecule has 4 rings (SSSR count). The van der Waals surface area contributed by atoms with E-state index in [4.69, 9.17) is 9.31 Å². The molecule has 5 nitrogen and oxygen atoms in total. The van der Waals surface area contributed by atoms with Crippen LogP contribution in [0.3, 0.4) is 0 Å². The third kappa shape index (κ3) is 4.37. The van der Waals surface area contributed by atoms with Crippen molar-refractivity contribution >= 4 is 17.1 Å². The molecule has 0 radical (unpaired) electrons. The van der Waals surface area contributed by atoms with E-state index in [1.54, 1.807) is 12.1 Å². The molecule has 30 heavy (non-hydrogen) atoms.